The molecule has 0 aromatic carbocycles. The maximum atomic E-state index is 5.48. The molecule has 0 aliphatic carbocycles. The largest absolute Gasteiger partial charge is 0.478 e. The van der Waals surface area contributed by atoms with Crippen LogP contribution in [0.2, 0.25) is 0 Å². The minimum absolute atomic E-state index is 0.625. The van der Waals surface area contributed by atoms with Crippen LogP contribution in [0, 0.1) is 0 Å². The van der Waals surface area contributed by atoms with Crippen LogP contribution in [0.3, 0.4) is 0 Å². The first-order valence-electron chi connectivity index (χ1n) is 6.58. The van der Waals surface area contributed by atoms with Crippen LogP contribution in [0.1, 0.15) is 30.0 Å². The van der Waals surface area contributed by atoms with E-state index in [1.165, 1.54) is 16.1 Å². The van der Waals surface area contributed by atoms with E-state index in [-0.39, 0.29) is 0 Å². The topological polar surface area (TPSA) is 47.0 Å². The number of anilines is 1. The minimum Gasteiger partial charge on any atom is -0.478 e. The van der Waals surface area contributed by atoms with Gasteiger partial charge in [-0.15, -0.1) is 11.3 Å². The van der Waals surface area contributed by atoms with Crippen molar-refractivity contribution < 1.29 is 4.74 Å². The Morgan fingerprint density at radius 3 is 2.79 bits per heavy atom. The van der Waals surface area contributed by atoms with E-state index in [1.807, 2.05) is 17.4 Å². The zero-order chi connectivity index (χ0) is 13.5. The van der Waals surface area contributed by atoms with Crippen LogP contribution in [0.25, 0.3) is 0 Å². The Morgan fingerprint density at radius 2 is 2.05 bits per heavy atom. The first kappa shape index (κ1) is 13.8. The molecule has 2 aromatic heterocycles. The first-order valence-corrected chi connectivity index (χ1v) is 7.39. The predicted octanol–water partition coefficient (Wildman–Crippen LogP) is 3.50. The summed E-state index contributed by atoms with van der Waals surface area (Å²) in [5.74, 6) is 1.42. The van der Waals surface area contributed by atoms with E-state index in [9.17, 15) is 0 Å². The summed E-state index contributed by atoms with van der Waals surface area (Å²) in [5, 5.41) is 3.29. The lowest BCUT2D eigenvalue weighted by Gasteiger charge is -2.06. The third-order valence-corrected chi connectivity index (χ3v) is 3.84. The minimum atomic E-state index is 0.625. The lowest BCUT2D eigenvalue weighted by atomic mass is 10.3. The fourth-order valence-electron chi connectivity index (χ4n) is 1.61. The lowest BCUT2D eigenvalue weighted by Crippen LogP contribution is -2.02. The molecular weight excluding hydrogens is 258 g/mol. The highest BCUT2D eigenvalue weighted by molar-refractivity contribution is 7.12. The predicted molar refractivity (Wildman–Crippen MR) is 78.8 cm³/mol. The van der Waals surface area contributed by atoms with Crippen LogP contribution in [-0.2, 0) is 13.0 Å². The van der Waals surface area contributed by atoms with E-state index in [0.29, 0.717) is 12.5 Å². The standard InChI is InChI=1S/C14H19N3OS/c1-3-7-18-14-8-13(16-10-17-14)15-9-12-6-5-11(4-2)19-12/h5-6,8,10H,3-4,7,9H2,1-2H3,(H,15,16,17). The molecule has 4 nitrogen and oxygen atoms in total. The summed E-state index contributed by atoms with van der Waals surface area (Å²) >= 11 is 1.83. The van der Waals surface area contributed by atoms with Crippen molar-refractivity contribution in [1.82, 2.24) is 9.97 Å². The Labute approximate surface area is 117 Å². The number of nitrogens with one attached hydrogen (secondary N) is 1. The van der Waals surface area contributed by atoms with Crippen LogP contribution >= 0.6 is 11.3 Å². The molecule has 0 radical (unpaired) electrons. The van der Waals surface area contributed by atoms with E-state index < -0.39 is 0 Å². The molecule has 0 aliphatic heterocycles. The summed E-state index contributed by atoms with van der Waals surface area (Å²) in [7, 11) is 0. The normalized spacial score (nSPS) is 10.4. The zero-order valence-corrected chi connectivity index (χ0v) is 12.2. The molecule has 5 heteroatoms. The van der Waals surface area contributed by atoms with Crippen LogP contribution < -0.4 is 10.1 Å². The Hall–Kier alpha value is -1.62. The van der Waals surface area contributed by atoms with Crippen molar-refractivity contribution in [3.05, 3.63) is 34.3 Å². The van der Waals surface area contributed by atoms with Gasteiger partial charge in [0.05, 0.1) is 13.2 Å². The number of hydrogen-bond donors (Lipinski definition) is 1. The van der Waals surface area contributed by atoms with Gasteiger partial charge in [-0.1, -0.05) is 13.8 Å². The van der Waals surface area contributed by atoms with E-state index in [0.717, 1.165) is 25.2 Å². The molecular formula is C14H19N3OS. The monoisotopic (exact) mass is 277 g/mol. The molecule has 0 saturated heterocycles. The van der Waals surface area contributed by atoms with Crippen molar-refractivity contribution >= 4 is 17.2 Å². The van der Waals surface area contributed by atoms with E-state index in [2.05, 4.69) is 41.3 Å². The molecule has 0 saturated carbocycles. The van der Waals surface area contributed by atoms with Gasteiger partial charge in [0.1, 0.15) is 12.1 Å². The Balaban J connectivity index is 1.91. The fraction of sp³-hybridized carbons (Fsp3) is 0.429. The van der Waals surface area contributed by atoms with Gasteiger partial charge < -0.3 is 10.1 Å². The van der Waals surface area contributed by atoms with E-state index >= 15 is 0 Å². The number of aryl methyl sites for hydroxylation is 1. The van der Waals surface area contributed by atoms with Crippen molar-refractivity contribution in [3.63, 3.8) is 0 Å². The maximum Gasteiger partial charge on any atom is 0.218 e. The van der Waals surface area contributed by atoms with Gasteiger partial charge in [-0.05, 0) is 25.0 Å². The Morgan fingerprint density at radius 1 is 1.21 bits per heavy atom. The molecule has 0 aliphatic rings. The number of aromatic nitrogens is 2. The SMILES string of the molecule is CCCOc1cc(NCc2ccc(CC)s2)ncn1. The molecule has 0 spiro atoms. The van der Waals surface area contributed by atoms with Gasteiger partial charge in [0.2, 0.25) is 5.88 Å². The van der Waals surface area contributed by atoms with Gasteiger partial charge in [0.15, 0.2) is 0 Å². The molecule has 0 unspecified atom stereocenters. The molecule has 0 bridgehead atoms. The Kier molecular flexibility index (Phi) is 5.15. The quantitative estimate of drug-likeness (QED) is 0.841. The number of rotatable bonds is 7. The summed E-state index contributed by atoms with van der Waals surface area (Å²) in [6.07, 6.45) is 3.59. The molecule has 2 rings (SSSR count). The summed E-state index contributed by atoms with van der Waals surface area (Å²) in [4.78, 5) is 11.0. The van der Waals surface area contributed by atoms with Crippen LogP contribution in [0.4, 0.5) is 5.82 Å². The van der Waals surface area contributed by atoms with Crippen molar-refractivity contribution in [2.24, 2.45) is 0 Å². The molecule has 1 N–H and O–H groups in total. The summed E-state index contributed by atoms with van der Waals surface area (Å²) in [6, 6.07) is 6.17. The second kappa shape index (κ2) is 7.09. The summed E-state index contributed by atoms with van der Waals surface area (Å²) in [6.45, 7) is 5.71. The van der Waals surface area contributed by atoms with Crippen molar-refractivity contribution in [2.45, 2.75) is 33.2 Å². The van der Waals surface area contributed by atoms with Crippen molar-refractivity contribution in [3.8, 4) is 5.88 Å². The summed E-state index contributed by atoms with van der Waals surface area (Å²) < 4.78 is 5.48. The smallest absolute Gasteiger partial charge is 0.218 e. The van der Waals surface area contributed by atoms with E-state index in [1.54, 1.807) is 0 Å². The van der Waals surface area contributed by atoms with Crippen molar-refractivity contribution in [1.29, 1.82) is 0 Å². The van der Waals surface area contributed by atoms with Crippen molar-refractivity contribution in [2.75, 3.05) is 11.9 Å². The molecule has 0 atom stereocenters. The highest BCUT2D eigenvalue weighted by Crippen LogP contribution is 2.18. The zero-order valence-electron chi connectivity index (χ0n) is 11.3. The molecule has 2 heterocycles. The Bertz CT molecular complexity index is 513. The number of ether oxygens (including phenoxy) is 1. The highest BCUT2D eigenvalue weighted by atomic mass is 32.1. The lowest BCUT2D eigenvalue weighted by molar-refractivity contribution is 0.305. The van der Waals surface area contributed by atoms with Gasteiger partial charge in [-0.25, -0.2) is 9.97 Å². The molecule has 0 amide bonds. The van der Waals surface area contributed by atoms with Crippen LogP contribution in [0.5, 0.6) is 5.88 Å². The first-order chi connectivity index (χ1) is 9.31. The summed E-state index contributed by atoms with van der Waals surface area (Å²) in [5.41, 5.74) is 0. The fourth-order valence-corrected chi connectivity index (χ4v) is 2.50. The van der Waals surface area contributed by atoms with Gasteiger partial charge in [0.25, 0.3) is 0 Å². The molecule has 102 valence electrons. The number of nitrogens with zero attached hydrogens (tertiary/aromatic N) is 2. The maximum absolute atomic E-state index is 5.48. The van der Waals surface area contributed by atoms with Gasteiger partial charge in [-0.3, -0.25) is 0 Å². The molecule has 2 aromatic rings. The second-order valence-corrected chi connectivity index (χ2v) is 5.42. The third kappa shape index (κ3) is 4.21. The van der Waals surface area contributed by atoms with Gasteiger partial charge >= 0.3 is 0 Å². The average molecular weight is 277 g/mol. The average Bonchev–Trinajstić information content (AvgIpc) is 2.91. The molecule has 19 heavy (non-hydrogen) atoms. The van der Waals surface area contributed by atoms with Crippen LogP contribution in [-0.4, -0.2) is 16.6 Å². The van der Waals surface area contributed by atoms with Gasteiger partial charge in [-0.2, -0.15) is 0 Å². The molecule has 0 fully saturated rings. The van der Waals surface area contributed by atoms with E-state index in [4.69, 9.17) is 4.74 Å². The number of thiophene rings is 1. The second-order valence-electron chi connectivity index (χ2n) is 4.17. The highest BCUT2D eigenvalue weighted by Gasteiger charge is 2.01. The van der Waals surface area contributed by atoms with Gasteiger partial charge in [0, 0.05) is 15.8 Å². The number of hydrogen-bond acceptors (Lipinski definition) is 5. The third-order valence-electron chi connectivity index (χ3n) is 2.61. The van der Waals surface area contributed by atoms with Crippen LogP contribution in [0.15, 0.2) is 24.5 Å².